The van der Waals surface area contributed by atoms with Gasteiger partial charge in [-0.3, -0.25) is 14.9 Å². The number of hydrogen-bond acceptors (Lipinski definition) is 6. The minimum Gasteiger partial charge on any atom is -0.494 e. The topological polar surface area (TPSA) is 71.1 Å². The Hall–Kier alpha value is -2.95. The number of halogens is 3. The molecule has 0 saturated carbocycles. The van der Waals surface area contributed by atoms with Crippen molar-refractivity contribution in [1.29, 1.82) is 0 Å². The fourth-order valence-electron chi connectivity index (χ4n) is 4.21. The third kappa shape index (κ3) is 7.27. The molecule has 190 valence electrons. The highest BCUT2D eigenvalue weighted by Crippen LogP contribution is 2.30. The number of carbonyl (C=O) groups excluding carboxylic acids is 2. The lowest BCUT2D eigenvalue weighted by Crippen LogP contribution is -2.53. The van der Waals surface area contributed by atoms with E-state index in [9.17, 15) is 22.8 Å². The van der Waals surface area contributed by atoms with Gasteiger partial charge in [0.05, 0.1) is 31.7 Å². The minimum atomic E-state index is -4.55. The smallest absolute Gasteiger partial charge is 0.406 e. The Kier molecular flexibility index (Phi) is 8.53. The van der Waals surface area contributed by atoms with E-state index in [2.05, 4.69) is 27.9 Å². The van der Waals surface area contributed by atoms with Crippen LogP contribution in [0.3, 0.4) is 0 Å². The van der Waals surface area contributed by atoms with E-state index in [4.69, 9.17) is 4.74 Å². The van der Waals surface area contributed by atoms with Crippen LogP contribution in [-0.4, -0.2) is 68.2 Å². The van der Waals surface area contributed by atoms with Crippen LogP contribution in [-0.2, 0) is 27.3 Å². The molecular formula is C24H31BF3N3O4. The SMILES string of the molecule is BN1C=CC=CC1(C)NCCCOc1ccc2c(c1)CN(CC(F)(F)F)C(=O)C(CC(=O)OC)C2. The normalized spacial score (nSPS) is 22.1. The highest BCUT2D eigenvalue weighted by atomic mass is 19.4. The first kappa shape index (κ1) is 26.7. The fraction of sp³-hybridized carbons (Fsp3) is 0.500. The van der Waals surface area contributed by atoms with E-state index in [1.807, 2.05) is 26.3 Å². The van der Waals surface area contributed by atoms with Crippen molar-refractivity contribution in [3.63, 3.8) is 0 Å². The summed E-state index contributed by atoms with van der Waals surface area (Å²) in [6, 6.07) is 5.19. The number of allylic oxidation sites excluding steroid dienone is 2. The van der Waals surface area contributed by atoms with Crippen LogP contribution in [0, 0.1) is 5.92 Å². The molecule has 1 aromatic carbocycles. The Morgan fingerprint density at radius 3 is 2.74 bits per heavy atom. The van der Waals surface area contributed by atoms with E-state index >= 15 is 0 Å². The molecule has 2 aliphatic heterocycles. The van der Waals surface area contributed by atoms with Gasteiger partial charge in [0.15, 0.2) is 0 Å². The first-order valence-corrected chi connectivity index (χ1v) is 11.5. The van der Waals surface area contributed by atoms with Crippen molar-refractivity contribution in [2.45, 2.75) is 44.6 Å². The number of methoxy groups -OCH3 is 1. The molecule has 11 heteroatoms. The van der Waals surface area contributed by atoms with Gasteiger partial charge in [0, 0.05) is 13.1 Å². The predicted molar refractivity (Wildman–Crippen MR) is 127 cm³/mol. The molecular weight excluding hydrogens is 462 g/mol. The second-order valence-corrected chi connectivity index (χ2v) is 9.01. The highest BCUT2D eigenvalue weighted by Gasteiger charge is 2.38. The van der Waals surface area contributed by atoms with E-state index in [-0.39, 0.29) is 25.0 Å². The van der Waals surface area contributed by atoms with Crippen LogP contribution in [0.15, 0.2) is 42.6 Å². The summed E-state index contributed by atoms with van der Waals surface area (Å²) in [6.45, 7) is 1.61. The molecule has 2 heterocycles. The molecule has 0 radical (unpaired) electrons. The zero-order valence-corrected chi connectivity index (χ0v) is 20.2. The second-order valence-electron chi connectivity index (χ2n) is 9.01. The number of fused-ring (bicyclic) bond motifs is 1. The van der Waals surface area contributed by atoms with Crippen molar-refractivity contribution >= 4 is 19.9 Å². The van der Waals surface area contributed by atoms with Crippen LogP contribution in [0.1, 0.15) is 30.9 Å². The molecule has 1 N–H and O–H groups in total. The lowest BCUT2D eigenvalue weighted by molar-refractivity contribution is -0.165. The molecule has 0 saturated heterocycles. The van der Waals surface area contributed by atoms with Crippen LogP contribution < -0.4 is 10.1 Å². The van der Waals surface area contributed by atoms with Gasteiger partial charge in [-0.25, -0.2) is 0 Å². The van der Waals surface area contributed by atoms with Crippen LogP contribution in [0.25, 0.3) is 0 Å². The molecule has 1 amide bonds. The molecule has 2 unspecified atom stereocenters. The van der Waals surface area contributed by atoms with Gasteiger partial charge in [0.25, 0.3) is 0 Å². The van der Waals surface area contributed by atoms with Gasteiger partial charge in [0.2, 0.25) is 13.9 Å². The largest absolute Gasteiger partial charge is 0.494 e. The molecule has 1 aromatic rings. The maximum Gasteiger partial charge on any atom is 0.406 e. The van der Waals surface area contributed by atoms with Crippen molar-refractivity contribution in [3.05, 3.63) is 53.8 Å². The molecule has 35 heavy (non-hydrogen) atoms. The predicted octanol–water partition coefficient (Wildman–Crippen LogP) is 2.32. The zero-order chi connectivity index (χ0) is 25.6. The van der Waals surface area contributed by atoms with Crippen LogP contribution in [0.2, 0.25) is 0 Å². The molecule has 0 aliphatic carbocycles. The summed E-state index contributed by atoms with van der Waals surface area (Å²) in [4.78, 5) is 27.4. The van der Waals surface area contributed by atoms with Crippen molar-refractivity contribution in [3.8, 4) is 5.75 Å². The number of amides is 1. The van der Waals surface area contributed by atoms with Gasteiger partial charge < -0.3 is 19.2 Å². The van der Waals surface area contributed by atoms with E-state index in [0.29, 0.717) is 24.5 Å². The maximum absolute atomic E-state index is 13.2. The molecule has 0 aromatic heterocycles. The fourth-order valence-corrected chi connectivity index (χ4v) is 4.21. The number of hydrogen-bond donors (Lipinski definition) is 1. The number of alkyl halides is 3. The Labute approximate surface area is 204 Å². The first-order valence-electron chi connectivity index (χ1n) is 11.5. The highest BCUT2D eigenvalue weighted by molar-refractivity contribution is 6.06. The zero-order valence-electron chi connectivity index (χ0n) is 20.2. The summed E-state index contributed by atoms with van der Waals surface area (Å²) in [7, 11) is 3.17. The van der Waals surface area contributed by atoms with E-state index < -0.39 is 30.5 Å². The number of nitrogens with one attached hydrogen (secondary N) is 1. The number of esters is 1. The summed E-state index contributed by atoms with van der Waals surface area (Å²) in [6.07, 6.45) is 4.07. The third-order valence-corrected chi connectivity index (χ3v) is 6.32. The number of ether oxygens (including phenoxy) is 2. The molecule has 0 spiro atoms. The van der Waals surface area contributed by atoms with Crippen LogP contribution in [0.5, 0.6) is 5.75 Å². The second kappa shape index (κ2) is 11.2. The third-order valence-electron chi connectivity index (χ3n) is 6.32. The molecule has 2 atom stereocenters. The summed E-state index contributed by atoms with van der Waals surface area (Å²) >= 11 is 0. The van der Waals surface area contributed by atoms with E-state index in [0.717, 1.165) is 16.9 Å². The van der Waals surface area contributed by atoms with E-state index in [1.165, 1.54) is 7.11 Å². The summed E-state index contributed by atoms with van der Waals surface area (Å²) in [5.74, 6) is -1.72. The molecule has 3 rings (SSSR count). The molecule has 7 nitrogen and oxygen atoms in total. The van der Waals surface area contributed by atoms with Crippen LogP contribution >= 0.6 is 0 Å². The van der Waals surface area contributed by atoms with Gasteiger partial charge in [0.1, 0.15) is 12.3 Å². The number of rotatable bonds is 9. The van der Waals surface area contributed by atoms with Gasteiger partial charge in [-0.1, -0.05) is 12.1 Å². The standard InChI is InChI=1S/C24H31BF3N3O4/c1-23(8-3-4-10-31(23)25)29-9-5-11-35-20-7-6-17-12-18(14-21(32)34-2)22(33)30(15-19(17)13-20)16-24(26,27)28/h3-4,6-8,10,13,18,29H,5,9,11-12,14-16,25H2,1-2H3. The Morgan fingerprint density at radius 2 is 2.06 bits per heavy atom. The van der Waals surface area contributed by atoms with Gasteiger partial charge >= 0.3 is 12.1 Å². The van der Waals surface area contributed by atoms with Crippen molar-refractivity contribution in [2.75, 3.05) is 26.8 Å². The number of nitrogens with zero attached hydrogens (tertiary/aromatic N) is 2. The van der Waals surface area contributed by atoms with Gasteiger partial charge in [-0.05, 0) is 61.4 Å². The molecule has 0 fully saturated rings. The van der Waals surface area contributed by atoms with Gasteiger partial charge in [-0.15, -0.1) is 0 Å². The summed E-state index contributed by atoms with van der Waals surface area (Å²) < 4.78 is 49.9. The summed E-state index contributed by atoms with van der Waals surface area (Å²) in [5.41, 5.74) is 1.02. The maximum atomic E-state index is 13.2. The minimum absolute atomic E-state index is 0.163. The van der Waals surface area contributed by atoms with Crippen molar-refractivity contribution in [2.24, 2.45) is 5.92 Å². The van der Waals surface area contributed by atoms with Crippen molar-refractivity contribution < 1.29 is 32.2 Å². The number of carbonyl (C=O) groups is 2. The van der Waals surface area contributed by atoms with E-state index in [1.54, 1.807) is 18.2 Å². The summed E-state index contributed by atoms with van der Waals surface area (Å²) in [5, 5.41) is 3.47. The van der Waals surface area contributed by atoms with Crippen molar-refractivity contribution in [1.82, 2.24) is 15.0 Å². The first-order chi connectivity index (χ1) is 16.5. The molecule has 0 bridgehead atoms. The van der Waals surface area contributed by atoms with Gasteiger partial charge in [-0.2, -0.15) is 13.2 Å². The average Bonchev–Trinajstić information content (AvgIpc) is 2.91. The lowest BCUT2D eigenvalue weighted by atomic mass is 9.94. The Morgan fingerprint density at radius 1 is 1.29 bits per heavy atom. The number of benzene rings is 1. The monoisotopic (exact) mass is 493 g/mol. The lowest BCUT2D eigenvalue weighted by Gasteiger charge is -2.39. The average molecular weight is 493 g/mol. The molecule has 2 aliphatic rings. The van der Waals surface area contributed by atoms with Crippen LogP contribution in [0.4, 0.5) is 13.2 Å². The quantitative estimate of drug-likeness (QED) is 0.324. The Bertz CT molecular complexity index is 985. The Balaban J connectivity index is 1.64.